The molecule has 0 aliphatic rings. The first-order valence-electron chi connectivity index (χ1n) is 6.20. The Balaban J connectivity index is 2.23. The van der Waals surface area contributed by atoms with Gasteiger partial charge >= 0.3 is 0 Å². The van der Waals surface area contributed by atoms with Gasteiger partial charge in [-0.05, 0) is 37.1 Å². The van der Waals surface area contributed by atoms with E-state index in [1.807, 2.05) is 0 Å². The number of rotatable bonds is 8. The van der Waals surface area contributed by atoms with Gasteiger partial charge in [-0.3, -0.25) is 10.6 Å². The van der Waals surface area contributed by atoms with Crippen LogP contribution in [0.5, 0.6) is 0 Å². The Morgan fingerprint density at radius 1 is 1.28 bits per heavy atom. The molecular formula is C13H21N3O2. The van der Waals surface area contributed by atoms with Gasteiger partial charge in [0.25, 0.3) is 5.91 Å². The lowest BCUT2D eigenvalue weighted by molar-refractivity contribution is 0.0941. The van der Waals surface area contributed by atoms with Gasteiger partial charge < -0.3 is 15.5 Å². The molecule has 0 heterocycles. The highest BCUT2D eigenvalue weighted by Crippen LogP contribution is 2.07. The molecule has 0 aliphatic carbocycles. The van der Waals surface area contributed by atoms with Crippen LogP contribution >= 0.6 is 0 Å². The van der Waals surface area contributed by atoms with Crippen molar-refractivity contribution in [3.8, 4) is 0 Å². The SMILES string of the molecule is CCCOCCCNC(=O)c1ccc(NN)cc1. The molecule has 0 unspecified atom stereocenters. The summed E-state index contributed by atoms with van der Waals surface area (Å²) in [6.45, 7) is 4.16. The Bertz CT molecular complexity index is 352. The summed E-state index contributed by atoms with van der Waals surface area (Å²) in [6.07, 6.45) is 1.85. The molecular weight excluding hydrogens is 230 g/mol. The average molecular weight is 251 g/mol. The van der Waals surface area contributed by atoms with E-state index in [2.05, 4.69) is 17.7 Å². The van der Waals surface area contributed by atoms with Gasteiger partial charge in [0.2, 0.25) is 0 Å². The maximum Gasteiger partial charge on any atom is 0.251 e. The van der Waals surface area contributed by atoms with Crippen molar-refractivity contribution >= 4 is 11.6 Å². The molecule has 100 valence electrons. The Kier molecular flexibility index (Phi) is 6.83. The third-order valence-corrected chi connectivity index (χ3v) is 2.41. The molecule has 4 N–H and O–H groups in total. The summed E-state index contributed by atoms with van der Waals surface area (Å²) in [5.41, 5.74) is 3.92. The van der Waals surface area contributed by atoms with Crippen molar-refractivity contribution in [2.24, 2.45) is 5.84 Å². The van der Waals surface area contributed by atoms with Gasteiger partial charge in [0.15, 0.2) is 0 Å². The van der Waals surface area contributed by atoms with E-state index in [0.29, 0.717) is 18.7 Å². The fourth-order valence-corrected chi connectivity index (χ4v) is 1.44. The largest absolute Gasteiger partial charge is 0.381 e. The van der Waals surface area contributed by atoms with Crippen LogP contribution in [-0.4, -0.2) is 25.7 Å². The number of ether oxygens (including phenoxy) is 1. The number of hydrogen-bond donors (Lipinski definition) is 3. The van der Waals surface area contributed by atoms with Crippen molar-refractivity contribution in [2.45, 2.75) is 19.8 Å². The van der Waals surface area contributed by atoms with Crippen LogP contribution in [0.2, 0.25) is 0 Å². The number of nitrogen functional groups attached to an aromatic ring is 1. The summed E-state index contributed by atoms with van der Waals surface area (Å²) in [5.74, 6) is 5.17. The van der Waals surface area contributed by atoms with Crippen LogP contribution in [0, 0.1) is 0 Å². The van der Waals surface area contributed by atoms with E-state index in [0.717, 1.165) is 25.1 Å². The Labute approximate surface area is 108 Å². The van der Waals surface area contributed by atoms with Crippen LogP contribution in [0.4, 0.5) is 5.69 Å². The predicted octanol–water partition coefficient (Wildman–Crippen LogP) is 1.52. The van der Waals surface area contributed by atoms with Crippen LogP contribution in [0.15, 0.2) is 24.3 Å². The minimum Gasteiger partial charge on any atom is -0.381 e. The van der Waals surface area contributed by atoms with Crippen LogP contribution in [-0.2, 0) is 4.74 Å². The lowest BCUT2D eigenvalue weighted by Crippen LogP contribution is -2.25. The number of amides is 1. The molecule has 0 radical (unpaired) electrons. The molecule has 0 aromatic heterocycles. The van der Waals surface area contributed by atoms with E-state index in [-0.39, 0.29) is 5.91 Å². The van der Waals surface area contributed by atoms with Gasteiger partial charge in [0.05, 0.1) is 0 Å². The first kappa shape index (κ1) is 14.5. The maximum absolute atomic E-state index is 11.7. The second-order valence-corrected chi connectivity index (χ2v) is 3.94. The molecule has 0 fully saturated rings. The number of anilines is 1. The number of carbonyl (C=O) groups is 1. The van der Waals surface area contributed by atoms with Crippen molar-refractivity contribution < 1.29 is 9.53 Å². The third-order valence-electron chi connectivity index (χ3n) is 2.41. The van der Waals surface area contributed by atoms with E-state index in [4.69, 9.17) is 10.6 Å². The van der Waals surface area contributed by atoms with Gasteiger partial charge in [-0.25, -0.2) is 0 Å². The summed E-state index contributed by atoms with van der Waals surface area (Å²) < 4.78 is 5.33. The van der Waals surface area contributed by atoms with E-state index in [1.165, 1.54) is 0 Å². The average Bonchev–Trinajstić information content (AvgIpc) is 2.42. The summed E-state index contributed by atoms with van der Waals surface area (Å²) >= 11 is 0. The Morgan fingerprint density at radius 3 is 2.61 bits per heavy atom. The third kappa shape index (κ3) is 5.16. The van der Waals surface area contributed by atoms with Gasteiger partial charge in [-0.15, -0.1) is 0 Å². The molecule has 1 aromatic carbocycles. The highest BCUT2D eigenvalue weighted by Gasteiger charge is 2.03. The molecule has 5 nitrogen and oxygen atoms in total. The number of nitrogens with two attached hydrogens (primary N) is 1. The summed E-state index contributed by atoms with van der Waals surface area (Å²) in [4.78, 5) is 11.7. The molecule has 1 amide bonds. The smallest absolute Gasteiger partial charge is 0.251 e. The molecule has 0 saturated carbocycles. The minimum absolute atomic E-state index is 0.0749. The Morgan fingerprint density at radius 2 is 2.00 bits per heavy atom. The lowest BCUT2D eigenvalue weighted by Gasteiger charge is -2.06. The van der Waals surface area contributed by atoms with Crippen LogP contribution in [0.25, 0.3) is 0 Å². The van der Waals surface area contributed by atoms with E-state index in [1.54, 1.807) is 24.3 Å². The molecule has 0 aliphatic heterocycles. The van der Waals surface area contributed by atoms with E-state index in [9.17, 15) is 4.79 Å². The molecule has 18 heavy (non-hydrogen) atoms. The first-order chi connectivity index (χ1) is 8.77. The second kappa shape index (κ2) is 8.49. The molecule has 1 aromatic rings. The topological polar surface area (TPSA) is 76.4 Å². The number of benzene rings is 1. The zero-order chi connectivity index (χ0) is 13.2. The molecule has 5 heteroatoms. The van der Waals surface area contributed by atoms with Crippen molar-refractivity contribution in [3.63, 3.8) is 0 Å². The van der Waals surface area contributed by atoms with Crippen molar-refractivity contribution in [1.82, 2.24) is 5.32 Å². The molecule has 1 rings (SSSR count). The standard InChI is InChI=1S/C13H21N3O2/c1-2-9-18-10-3-8-15-13(17)11-4-6-12(16-14)7-5-11/h4-7,16H,2-3,8-10,14H2,1H3,(H,15,17). The molecule has 0 atom stereocenters. The highest BCUT2D eigenvalue weighted by molar-refractivity contribution is 5.94. The van der Waals surface area contributed by atoms with E-state index < -0.39 is 0 Å². The zero-order valence-corrected chi connectivity index (χ0v) is 10.7. The zero-order valence-electron chi connectivity index (χ0n) is 10.7. The van der Waals surface area contributed by atoms with Crippen LogP contribution in [0.1, 0.15) is 30.1 Å². The van der Waals surface area contributed by atoms with Gasteiger partial charge in [0, 0.05) is 31.0 Å². The minimum atomic E-state index is -0.0749. The summed E-state index contributed by atoms with van der Waals surface area (Å²) in [7, 11) is 0. The van der Waals surface area contributed by atoms with Crippen molar-refractivity contribution in [2.75, 3.05) is 25.2 Å². The van der Waals surface area contributed by atoms with Crippen molar-refractivity contribution in [3.05, 3.63) is 29.8 Å². The van der Waals surface area contributed by atoms with Crippen LogP contribution in [0.3, 0.4) is 0 Å². The molecule has 0 bridgehead atoms. The van der Waals surface area contributed by atoms with Gasteiger partial charge in [-0.1, -0.05) is 6.92 Å². The second-order valence-electron chi connectivity index (χ2n) is 3.94. The van der Waals surface area contributed by atoms with Gasteiger partial charge in [-0.2, -0.15) is 0 Å². The fourth-order valence-electron chi connectivity index (χ4n) is 1.44. The Hall–Kier alpha value is -1.59. The maximum atomic E-state index is 11.7. The quantitative estimate of drug-likeness (QED) is 0.372. The number of hydrogen-bond acceptors (Lipinski definition) is 4. The van der Waals surface area contributed by atoms with Crippen LogP contribution < -0.4 is 16.6 Å². The normalized spacial score (nSPS) is 10.1. The highest BCUT2D eigenvalue weighted by atomic mass is 16.5. The number of nitrogens with one attached hydrogen (secondary N) is 2. The summed E-state index contributed by atoms with van der Waals surface area (Å²) in [6, 6.07) is 6.99. The predicted molar refractivity (Wildman–Crippen MR) is 72.3 cm³/mol. The first-order valence-corrected chi connectivity index (χ1v) is 6.20. The summed E-state index contributed by atoms with van der Waals surface area (Å²) in [5, 5.41) is 2.84. The monoisotopic (exact) mass is 251 g/mol. The number of carbonyl (C=O) groups excluding carboxylic acids is 1. The lowest BCUT2D eigenvalue weighted by atomic mass is 10.2. The van der Waals surface area contributed by atoms with Gasteiger partial charge in [0.1, 0.15) is 0 Å². The molecule has 0 spiro atoms. The fraction of sp³-hybridized carbons (Fsp3) is 0.462. The van der Waals surface area contributed by atoms with E-state index >= 15 is 0 Å². The number of hydrazine groups is 1. The van der Waals surface area contributed by atoms with Crippen molar-refractivity contribution in [1.29, 1.82) is 0 Å². The molecule has 0 saturated heterocycles.